The maximum atomic E-state index is 12.1. The molecule has 0 atom stereocenters. The minimum absolute atomic E-state index is 0.118. The van der Waals surface area contributed by atoms with E-state index in [2.05, 4.69) is 10.3 Å². The Labute approximate surface area is 102 Å². The zero-order valence-corrected chi connectivity index (χ0v) is 9.46. The molecule has 3 rings (SSSR count). The Bertz CT molecular complexity index is 689. The lowest BCUT2D eigenvalue weighted by Crippen LogP contribution is -2.33. The highest BCUT2D eigenvalue weighted by Gasteiger charge is 2.27. The van der Waals surface area contributed by atoms with Gasteiger partial charge in [0, 0.05) is 12.2 Å². The molecule has 0 aromatic carbocycles. The van der Waals surface area contributed by atoms with Crippen LogP contribution in [0.15, 0.2) is 29.2 Å². The number of carbonyl (C=O) groups excluding carboxylic acids is 1. The maximum Gasteiger partial charge on any atom is 0.274 e. The van der Waals surface area contributed by atoms with Crippen molar-refractivity contribution in [3.8, 4) is 5.88 Å². The molecule has 2 aromatic heterocycles. The molecule has 6 nitrogen and oxygen atoms in total. The highest BCUT2D eigenvalue weighted by atomic mass is 16.3. The van der Waals surface area contributed by atoms with Gasteiger partial charge in [-0.15, -0.1) is 0 Å². The van der Waals surface area contributed by atoms with Crippen molar-refractivity contribution in [2.24, 2.45) is 0 Å². The van der Waals surface area contributed by atoms with Gasteiger partial charge in [0.2, 0.25) is 5.88 Å². The van der Waals surface area contributed by atoms with E-state index in [1.807, 2.05) is 0 Å². The second-order valence-corrected chi connectivity index (χ2v) is 4.29. The molecule has 18 heavy (non-hydrogen) atoms. The van der Waals surface area contributed by atoms with Crippen LogP contribution in [-0.4, -0.2) is 26.4 Å². The number of rotatable bonds is 2. The Balaban J connectivity index is 2.15. The fourth-order valence-corrected chi connectivity index (χ4v) is 1.76. The van der Waals surface area contributed by atoms with Crippen molar-refractivity contribution < 1.29 is 9.90 Å². The summed E-state index contributed by atoms with van der Waals surface area (Å²) >= 11 is 0. The van der Waals surface area contributed by atoms with Crippen molar-refractivity contribution in [2.75, 3.05) is 0 Å². The lowest BCUT2D eigenvalue weighted by atomic mass is 10.3. The third-order valence-corrected chi connectivity index (χ3v) is 2.85. The molecule has 0 saturated heterocycles. The summed E-state index contributed by atoms with van der Waals surface area (Å²) in [6.07, 6.45) is 3.34. The standard InChI is InChI=1S/C12H11N3O3/c16-10(13-7-4-5-7)9-11(17)14-8-3-1-2-6-15(8)12(9)18/h1-3,6-7,17H,4-5H2,(H,13,16). The highest BCUT2D eigenvalue weighted by molar-refractivity contribution is 5.96. The molecule has 6 heteroatoms. The van der Waals surface area contributed by atoms with E-state index in [9.17, 15) is 14.7 Å². The number of fused-ring (bicyclic) bond motifs is 1. The van der Waals surface area contributed by atoms with E-state index in [1.165, 1.54) is 10.6 Å². The van der Waals surface area contributed by atoms with Crippen molar-refractivity contribution in [1.82, 2.24) is 14.7 Å². The van der Waals surface area contributed by atoms with Crippen LogP contribution in [0.3, 0.4) is 0 Å². The molecule has 0 radical (unpaired) electrons. The van der Waals surface area contributed by atoms with Crippen LogP contribution in [0, 0.1) is 0 Å². The molecule has 2 N–H and O–H groups in total. The van der Waals surface area contributed by atoms with Gasteiger partial charge in [0.15, 0.2) is 5.56 Å². The molecular weight excluding hydrogens is 234 g/mol. The van der Waals surface area contributed by atoms with Gasteiger partial charge in [-0.25, -0.2) is 0 Å². The first-order chi connectivity index (χ1) is 8.66. The van der Waals surface area contributed by atoms with Crippen molar-refractivity contribution in [3.05, 3.63) is 40.3 Å². The number of hydrogen-bond acceptors (Lipinski definition) is 4. The molecule has 2 heterocycles. The molecule has 1 fully saturated rings. The number of nitrogens with one attached hydrogen (secondary N) is 1. The molecule has 1 saturated carbocycles. The van der Waals surface area contributed by atoms with Gasteiger partial charge in [0.05, 0.1) is 0 Å². The van der Waals surface area contributed by atoms with E-state index in [0.717, 1.165) is 12.8 Å². The monoisotopic (exact) mass is 245 g/mol. The zero-order chi connectivity index (χ0) is 12.7. The molecule has 1 aliphatic carbocycles. The molecule has 1 aliphatic rings. The normalized spacial score (nSPS) is 14.7. The van der Waals surface area contributed by atoms with Gasteiger partial charge in [-0.05, 0) is 25.0 Å². The predicted molar refractivity (Wildman–Crippen MR) is 63.6 cm³/mol. The molecule has 0 bridgehead atoms. The molecular formula is C12H11N3O3. The average molecular weight is 245 g/mol. The van der Waals surface area contributed by atoms with Gasteiger partial charge >= 0.3 is 0 Å². The van der Waals surface area contributed by atoms with Gasteiger partial charge < -0.3 is 10.4 Å². The van der Waals surface area contributed by atoms with Crippen LogP contribution in [0.1, 0.15) is 23.2 Å². The van der Waals surface area contributed by atoms with Crippen LogP contribution in [0.5, 0.6) is 5.88 Å². The topological polar surface area (TPSA) is 83.7 Å². The average Bonchev–Trinajstić information content (AvgIpc) is 3.13. The van der Waals surface area contributed by atoms with Crippen molar-refractivity contribution in [1.29, 1.82) is 0 Å². The Kier molecular flexibility index (Phi) is 2.29. The Morgan fingerprint density at radius 2 is 2.22 bits per heavy atom. The van der Waals surface area contributed by atoms with Crippen LogP contribution in [0.2, 0.25) is 0 Å². The first-order valence-electron chi connectivity index (χ1n) is 5.68. The maximum absolute atomic E-state index is 12.1. The molecule has 1 amide bonds. The number of aromatic hydroxyl groups is 1. The lowest BCUT2D eigenvalue weighted by Gasteiger charge is -2.06. The largest absolute Gasteiger partial charge is 0.493 e. The fourth-order valence-electron chi connectivity index (χ4n) is 1.76. The van der Waals surface area contributed by atoms with Crippen LogP contribution in [-0.2, 0) is 0 Å². The molecule has 92 valence electrons. The summed E-state index contributed by atoms with van der Waals surface area (Å²) in [6.45, 7) is 0. The minimum atomic E-state index is -0.564. The Hall–Kier alpha value is -2.37. The van der Waals surface area contributed by atoms with E-state index in [0.29, 0.717) is 5.65 Å². The third kappa shape index (κ3) is 1.71. The van der Waals surface area contributed by atoms with E-state index < -0.39 is 17.3 Å². The van der Waals surface area contributed by atoms with E-state index in [1.54, 1.807) is 18.2 Å². The second kappa shape index (κ2) is 3.83. The summed E-state index contributed by atoms with van der Waals surface area (Å²) in [4.78, 5) is 27.8. The van der Waals surface area contributed by atoms with Crippen LogP contribution in [0.4, 0.5) is 0 Å². The number of pyridine rings is 1. The molecule has 0 spiro atoms. The van der Waals surface area contributed by atoms with Crippen LogP contribution < -0.4 is 10.9 Å². The van der Waals surface area contributed by atoms with Crippen LogP contribution in [0.25, 0.3) is 5.65 Å². The summed E-state index contributed by atoms with van der Waals surface area (Å²) < 4.78 is 1.24. The quantitative estimate of drug-likeness (QED) is 0.796. The first kappa shape index (κ1) is 10.8. The van der Waals surface area contributed by atoms with Gasteiger partial charge in [-0.2, -0.15) is 4.98 Å². The van der Waals surface area contributed by atoms with E-state index in [-0.39, 0.29) is 11.6 Å². The smallest absolute Gasteiger partial charge is 0.274 e. The minimum Gasteiger partial charge on any atom is -0.493 e. The fraction of sp³-hybridized carbons (Fsp3) is 0.250. The number of carbonyl (C=O) groups is 1. The van der Waals surface area contributed by atoms with Gasteiger partial charge in [-0.3, -0.25) is 14.0 Å². The molecule has 2 aromatic rings. The number of amides is 1. The number of aromatic nitrogens is 2. The summed E-state index contributed by atoms with van der Waals surface area (Å²) in [5.74, 6) is -1.09. The zero-order valence-electron chi connectivity index (χ0n) is 9.46. The molecule has 0 aliphatic heterocycles. The van der Waals surface area contributed by atoms with Crippen molar-refractivity contribution in [2.45, 2.75) is 18.9 Å². The summed E-state index contributed by atoms with van der Waals surface area (Å²) in [7, 11) is 0. The Morgan fingerprint density at radius 1 is 1.44 bits per heavy atom. The van der Waals surface area contributed by atoms with E-state index >= 15 is 0 Å². The third-order valence-electron chi connectivity index (χ3n) is 2.85. The number of hydrogen-bond donors (Lipinski definition) is 2. The SMILES string of the molecule is O=C(NC1CC1)c1c(O)nc2ccccn2c1=O. The van der Waals surface area contributed by atoms with Gasteiger partial charge in [0.25, 0.3) is 11.5 Å². The molecule has 0 unspecified atom stereocenters. The van der Waals surface area contributed by atoms with Gasteiger partial charge in [0.1, 0.15) is 5.65 Å². The van der Waals surface area contributed by atoms with E-state index in [4.69, 9.17) is 0 Å². The van der Waals surface area contributed by atoms with Gasteiger partial charge in [-0.1, -0.05) is 6.07 Å². The Morgan fingerprint density at radius 3 is 2.94 bits per heavy atom. The highest BCUT2D eigenvalue weighted by Crippen LogP contribution is 2.20. The summed E-state index contributed by atoms with van der Waals surface area (Å²) in [6, 6.07) is 5.07. The summed E-state index contributed by atoms with van der Waals surface area (Å²) in [5.41, 5.74) is -0.551. The van der Waals surface area contributed by atoms with Crippen LogP contribution >= 0.6 is 0 Å². The second-order valence-electron chi connectivity index (χ2n) is 4.29. The predicted octanol–water partition coefficient (Wildman–Crippen LogP) is 0.292. The van der Waals surface area contributed by atoms with Crippen molar-refractivity contribution in [3.63, 3.8) is 0 Å². The summed E-state index contributed by atoms with van der Waals surface area (Å²) in [5, 5.41) is 12.4. The number of nitrogens with zero attached hydrogens (tertiary/aromatic N) is 2. The first-order valence-corrected chi connectivity index (χ1v) is 5.68. The van der Waals surface area contributed by atoms with Crippen molar-refractivity contribution >= 4 is 11.6 Å². The lowest BCUT2D eigenvalue weighted by molar-refractivity contribution is 0.0946.